The molecule has 0 saturated carbocycles. The van der Waals surface area contributed by atoms with E-state index in [1.807, 2.05) is 12.1 Å². The molecular weight excluding hydrogens is 326 g/mol. The summed E-state index contributed by atoms with van der Waals surface area (Å²) in [5.74, 6) is 0.929. The third-order valence-electron chi connectivity index (χ3n) is 3.72. The van der Waals surface area contributed by atoms with E-state index in [0.29, 0.717) is 25.2 Å². The Balaban J connectivity index is 2.01. The SMILES string of the molecule is CC(C)(C)CCOCCOCCNCc1ccc(OCC(C)(C)C)cc1. The number of hydrogen-bond donors (Lipinski definition) is 1. The highest BCUT2D eigenvalue weighted by atomic mass is 16.5. The lowest BCUT2D eigenvalue weighted by Gasteiger charge is -2.18. The number of nitrogens with one attached hydrogen (secondary N) is 1. The molecule has 4 nitrogen and oxygen atoms in total. The second-order valence-electron chi connectivity index (χ2n) is 9.21. The van der Waals surface area contributed by atoms with E-state index in [4.69, 9.17) is 14.2 Å². The second-order valence-corrected chi connectivity index (χ2v) is 9.21. The van der Waals surface area contributed by atoms with Gasteiger partial charge in [-0.05, 0) is 34.9 Å². The highest BCUT2D eigenvalue weighted by Gasteiger charge is 2.11. The molecule has 0 aliphatic carbocycles. The van der Waals surface area contributed by atoms with Crippen molar-refractivity contribution in [2.45, 2.75) is 54.5 Å². The molecule has 0 aromatic heterocycles. The first-order valence-corrected chi connectivity index (χ1v) is 9.74. The van der Waals surface area contributed by atoms with Crippen molar-refractivity contribution in [2.24, 2.45) is 10.8 Å². The Labute approximate surface area is 160 Å². The second kappa shape index (κ2) is 11.6. The minimum atomic E-state index is 0.178. The van der Waals surface area contributed by atoms with E-state index in [1.165, 1.54) is 5.56 Å². The summed E-state index contributed by atoms with van der Waals surface area (Å²) in [6.07, 6.45) is 1.08. The van der Waals surface area contributed by atoms with E-state index < -0.39 is 0 Å². The molecule has 150 valence electrons. The molecule has 4 heteroatoms. The lowest BCUT2D eigenvalue weighted by atomic mass is 9.93. The fraction of sp³-hybridized carbons (Fsp3) is 0.727. The van der Waals surface area contributed by atoms with Crippen LogP contribution in [0.1, 0.15) is 53.5 Å². The molecule has 1 aromatic rings. The quantitative estimate of drug-likeness (QED) is 0.546. The monoisotopic (exact) mass is 365 g/mol. The highest BCUT2D eigenvalue weighted by Crippen LogP contribution is 2.18. The molecule has 0 aliphatic rings. The van der Waals surface area contributed by atoms with Gasteiger partial charge in [-0.25, -0.2) is 0 Å². The molecule has 0 saturated heterocycles. The molecule has 1 rings (SSSR count). The predicted molar refractivity (Wildman–Crippen MR) is 109 cm³/mol. The molecule has 0 atom stereocenters. The van der Waals surface area contributed by atoms with Crippen LogP contribution in [0.25, 0.3) is 0 Å². The number of ether oxygens (including phenoxy) is 3. The average Bonchev–Trinajstić information content (AvgIpc) is 2.54. The lowest BCUT2D eigenvalue weighted by Crippen LogP contribution is -2.20. The Morgan fingerprint density at radius 2 is 1.38 bits per heavy atom. The Hall–Kier alpha value is -1.10. The summed E-state index contributed by atoms with van der Waals surface area (Å²) in [6.45, 7) is 18.4. The van der Waals surface area contributed by atoms with Crippen molar-refractivity contribution in [3.63, 3.8) is 0 Å². The number of rotatable bonds is 12. The summed E-state index contributed by atoms with van der Waals surface area (Å²) in [5.41, 5.74) is 1.76. The van der Waals surface area contributed by atoms with Gasteiger partial charge in [0.2, 0.25) is 0 Å². The molecule has 0 spiro atoms. The Bertz CT molecular complexity index is 472. The van der Waals surface area contributed by atoms with E-state index in [2.05, 4.69) is 59.0 Å². The summed E-state index contributed by atoms with van der Waals surface area (Å²) in [7, 11) is 0. The van der Waals surface area contributed by atoms with Crippen molar-refractivity contribution in [3.05, 3.63) is 29.8 Å². The smallest absolute Gasteiger partial charge is 0.119 e. The van der Waals surface area contributed by atoms with Crippen LogP contribution in [0.5, 0.6) is 5.75 Å². The van der Waals surface area contributed by atoms with E-state index in [1.54, 1.807) is 0 Å². The van der Waals surface area contributed by atoms with Gasteiger partial charge in [0.1, 0.15) is 5.75 Å². The summed E-state index contributed by atoms with van der Waals surface area (Å²) in [6, 6.07) is 8.28. The summed E-state index contributed by atoms with van der Waals surface area (Å²) in [5, 5.41) is 3.39. The molecule has 0 unspecified atom stereocenters. The molecule has 0 heterocycles. The van der Waals surface area contributed by atoms with Gasteiger partial charge in [0.25, 0.3) is 0 Å². The summed E-state index contributed by atoms with van der Waals surface area (Å²) < 4.78 is 16.9. The molecule has 0 radical (unpaired) electrons. The zero-order chi connectivity index (χ0) is 19.5. The van der Waals surface area contributed by atoms with Crippen molar-refractivity contribution in [1.82, 2.24) is 5.32 Å². The lowest BCUT2D eigenvalue weighted by molar-refractivity contribution is 0.0397. The largest absolute Gasteiger partial charge is 0.493 e. The van der Waals surface area contributed by atoms with Gasteiger partial charge in [0.05, 0.1) is 26.4 Å². The van der Waals surface area contributed by atoms with Crippen molar-refractivity contribution in [1.29, 1.82) is 0 Å². The fourth-order valence-electron chi connectivity index (χ4n) is 2.08. The van der Waals surface area contributed by atoms with Gasteiger partial charge < -0.3 is 19.5 Å². The summed E-state index contributed by atoms with van der Waals surface area (Å²) in [4.78, 5) is 0. The maximum atomic E-state index is 5.79. The molecule has 0 fully saturated rings. The fourth-order valence-corrected chi connectivity index (χ4v) is 2.08. The van der Waals surface area contributed by atoms with Crippen LogP contribution in [0, 0.1) is 10.8 Å². The molecule has 0 bridgehead atoms. The van der Waals surface area contributed by atoms with Crippen molar-refractivity contribution in [3.8, 4) is 5.75 Å². The van der Waals surface area contributed by atoms with Crippen LogP contribution in [-0.4, -0.2) is 39.6 Å². The molecular formula is C22H39NO3. The zero-order valence-corrected chi connectivity index (χ0v) is 17.7. The molecule has 26 heavy (non-hydrogen) atoms. The predicted octanol–water partition coefficient (Wildman–Crippen LogP) is 4.67. The summed E-state index contributed by atoms with van der Waals surface area (Å²) >= 11 is 0. The van der Waals surface area contributed by atoms with Crippen LogP contribution >= 0.6 is 0 Å². The first kappa shape index (κ1) is 22.9. The average molecular weight is 366 g/mol. The van der Waals surface area contributed by atoms with Gasteiger partial charge in [-0.2, -0.15) is 0 Å². The van der Waals surface area contributed by atoms with E-state index in [-0.39, 0.29) is 5.41 Å². The normalized spacial score (nSPS) is 12.4. The Morgan fingerprint density at radius 1 is 0.769 bits per heavy atom. The van der Waals surface area contributed by atoms with Crippen LogP contribution in [0.15, 0.2) is 24.3 Å². The third-order valence-corrected chi connectivity index (χ3v) is 3.72. The standard InChI is InChI=1S/C22H39NO3/c1-21(2,3)11-13-24-15-16-25-14-12-23-17-19-7-9-20(10-8-19)26-18-22(4,5)6/h7-10,23H,11-18H2,1-6H3. The van der Waals surface area contributed by atoms with Gasteiger partial charge >= 0.3 is 0 Å². The molecule has 1 aromatic carbocycles. The van der Waals surface area contributed by atoms with Crippen molar-refractivity contribution < 1.29 is 14.2 Å². The molecule has 0 aliphatic heterocycles. The van der Waals surface area contributed by atoms with Gasteiger partial charge in [0, 0.05) is 19.7 Å². The topological polar surface area (TPSA) is 39.7 Å². The highest BCUT2D eigenvalue weighted by molar-refractivity contribution is 5.27. The third kappa shape index (κ3) is 13.2. The Kier molecular flexibility index (Phi) is 10.2. The van der Waals surface area contributed by atoms with Gasteiger partial charge in [-0.1, -0.05) is 53.7 Å². The first-order valence-electron chi connectivity index (χ1n) is 9.74. The van der Waals surface area contributed by atoms with Crippen LogP contribution < -0.4 is 10.1 Å². The first-order chi connectivity index (χ1) is 12.2. The van der Waals surface area contributed by atoms with Crippen LogP contribution in [0.3, 0.4) is 0 Å². The van der Waals surface area contributed by atoms with Gasteiger partial charge in [-0.15, -0.1) is 0 Å². The minimum Gasteiger partial charge on any atom is -0.493 e. The van der Waals surface area contributed by atoms with Crippen molar-refractivity contribution >= 4 is 0 Å². The molecule has 1 N–H and O–H groups in total. The van der Waals surface area contributed by atoms with Crippen LogP contribution in [0.4, 0.5) is 0 Å². The Morgan fingerprint density at radius 3 is 1.96 bits per heavy atom. The van der Waals surface area contributed by atoms with E-state index in [0.717, 1.165) is 38.5 Å². The van der Waals surface area contributed by atoms with Gasteiger partial charge in [-0.3, -0.25) is 0 Å². The maximum Gasteiger partial charge on any atom is 0.119 e. The molecule has 0 amide bonds. The van der Waals surface area contributed by atoms with E-state index in [9.17, 15) is 0 Å². The minimum absolute atomic E-state index is 0.178. The number of benzene rings is 1. The van der Waals surface area contributed by atoms with Crippen LogP contribution in [0.2, 0.25) is 0 Å². The van der Waals surface area contributed by atoms with E-state index >= 15 is 0 Å². The van der Waals surface area contributed by atoms with Crippen LogP contribution in [-0.2, 0) is 16.0 Å². The van der Waals surface area contributed by atoms with Crippen molar-refractivity contribution in [2.75, 3.05) is 39.6 Å². The maximum absolute atomic E-state index is 5.79. The van der Waals surface area contributed by atoms with Gasteiger partial charge in [0.15, 0.2) is 0 Å². The zero-order valence-electron chi connectivity index (χ0n) is 17.7. The number of hydrogen-bond acceptors (Lipinski definition) is 4.